The van der Waals surface area contributed by atoms with Crippen molar-refractivity contribution in [2.24, 2.45) is 5.73 Å². The summed E-state index contributed by atoms with van der Waals surface area (Å²) in [4.78, 5) is 23.6. The van der Waals surface area contributed by atoms with Gasteiger partial charge in [0, 0.05) is 0 Å². The molecule has 0 radical (unpaired) electrons. The largest absolute Gasteiger partial charge is 0.332 e. The van der Waals surface area contributed by atoms with E-state index in [1.165, 1.54) is 4.90 Å². The Morgan fingerprint density at radius 2 is 2.23 bits per heavy atom. The van der Waals surface area contributed by atoms with Crippen molar-refractivity contribution in [2.75, 3.05) is 13.1 Å². The summed E-state index contributed by atoms with van der Waals surface area (Å²) in [5, 5.41) is 2.67. The highest BCUT2D eigenvalue weighted by molar-refractivity contribution is 5.89. The molecule has 0 aliphatic carbocycles. The molecule has 5 nitrogen and oxygen atoms in total. The van der Waals surface area contributed by atoms with Crippen LogP contribution in [0.5, 0.6) is 0 Å². The maximum atomic E-state index is 11.2. The van der Waals surface area contributed by atoms with Gasteiger partial charge in [0.05, 0.1) is 6.54 Å². The molecule has 1 aliphatic heterocycles. The van der Waals surface area contributed by atoms with Crippen molar-refractivity contribution in [3.63, 3.8) is 0 Å². The van der Waals surface area contributed by atoms with Crippen LogP contribution in [0, 0.1) is 0 Å². The molecule has 0 spiro atoms. The number of carbonyl (C=O) groups is 2. The third-order valence-electron chi connectivity index (χ3n) is 1.90. The fraction of sp³-hybridized carbons (Fsp3) is 0.714. The average molecular weight is 208 g/mol. The van der Waals surface area contributed by atoms with Crippen LogP contribution in [0.4, 0.5) is 0 Å². The number of rotatable bonds is 1. The third-order valence-corrected chi connectivity index (χ3v) is 1.90. The molecule has 6 heteroatoms. The lowest BCUT2D eigenvalue weighted by Gasteiger charge is -2.29. The van der Waals surface area contributed by atoms with Crippen LogP contribution in [0.25, 0.3) is 0 Å². The normalized spacial score (nSPS) is 19.3. The van der Waals surface area contributed by atoms with Gasteiger partial charge >= 0.3 is 0 Å². The molecular weight excluding hydrogens is 194 g/mol. The molecule has 0 atom stereocenters. The van der Waals surface area contributed by atoms with Crippen molar-refractivity contribution in [3.05, 3.63) is 0 Å². The number of hydrogen-bond acceptors (Lipinski definition) is 3. The number of carbonyl (C=O) groups excluding carboxylic acids is 2. The minimum Gasteiger partial charge on any atom is -0.332 e. The molecular formula is C7H14ClN3O2. The van der Waals surface area contributed by atoms with E-state index in [0.717, 1.165) is 0 Å². The van der Waals surface area contributed by atoms with E-state index in [1.54, 1.807) is 13.8 Å². The number of nitrogens with zero attached hydrogens (tertiary/aromatic N) is 1. The molecule has 0 unspecified atom stereocenters. The fourth-order valence-electron chi connectivity index (χ4n) is 1.30. The van der Waals surface area contributed by atoms with E-state index in [4.69, 9.17) is 5.73 Å². The second-order valence-corrected chi connectivity index (χ2v) is 3.29. The highest BCUT2D eigenvalue weighted by Crippen LogP contribution is 2.15. The fourth-order valence-corrected chi connectivity index (χ4v) is 1.30. The molecule has 76 valence electrons. The monoisotopic (exact) mass is 207 g/mol. The highest BCUT2D eigenvalue weighted by Gasteiger charge is 2.38. The molecule has 1 aliphatic rings. The van der Waals surface area contributed by atoms with Crippen molar-refractivity contribution < 1.29 is 9.59 Å². The zero-order valence-corrected chi connectivity index (χ0v) is 8.48. The Morgan fingerprint density at radius 3 is 2.54 bits per heavy atom. The summed E-state index contributed by atoms with van der Waals surface area (Å²) < 4.78 is 0. The maximum absolute atomic E-state index is 11.2. The van der Waals surface area contributed by atoms with Gasteiger partial charge in [0.1, 0.15) is 12.2 Å². The van der Waals surface area contributed by atoms with Crippen LogP contribution in [0.3, 0.4) is 0 Å². The molecule has 1 heterocycles. The minimum atomic E-state index is -0.590. The number of halogens is 1. The molecule has 0 aromatic rings. The highest BCUT2D eigenvalue weighted by atomic mass is 35.5. The minimum absolute atomic E-state index is 0. The van der Waals surface area contributed by atoms with Crippen LogP contribution in [-0.2, 0) is 9.59 Å². The molecule has 1 rings (SSSR count). The van der Waals surface area contributed by atoms with Gasteiger partial charge in [0.25, 0.3) is 0 Å². The summed E-state index contributed by atoms with van der Waals surface area (Å²) in [5.74, 6) is -0.347. The zero-order chi connectivity index (χ0) is 9.35. The van der Waals surface area contributed by atoms with Gasteiger partial charge in [-0.15, -0.1) is 12.4 Å². The first kappa shape index (κ1) is 12.2. The molecule has 13 heavy (non-hydrogen) atoms. The molecule has 0 aromatic heterocycles. The van der Waals surface area contributed by atoms with Gasteiger partial charge in [-0.25, -0.2) is 0 Å². The maximum Gasteiger partial charge on any atom is 0.241 e. The Hall–Kier alpha value is -0.810. The number of hydrogen-bond donors (Lipinski definition) is 2. The van der Waals surface area contributed by atoms with E-state index in [-0.39, 0.29) is 37.3 Å². The van der Waals surface area contributed by atoms with Crippen LogP contribution >= 0.6 is 12.4 Å². The lowest BCUT2D eigenvalue weighted by molar-refractivity contribution is -0.133. The first-order valence-corrected chi connectivity index (χ1v) is 3.79. The van der Waals surface area contributed by atoms with Crippen LogP contribution in [0.1, 0.15) is 13.8 Å². The van der Waals surface area contributed by atoms with Gasteiger partial charge in [-0.2, -0.15) is 0 Å². The molecule has 3 N–H and O–H groups in total. The summed E-state index contributed by atoms with van der Waals surface area (Å²) >= 11 is 0. The van der Waals surface area contributed by atoms with Crippen LogP contribution in [0.2, 0.25) is 0 Å². The van der Waals surface area contributed by atoms with Crippen molar-refractivity contribution in [2.45, 2.75) is 19.5 Å². The molecule has 0 aromatic carbocycles. The Kier molecular flexibility index (Phi) is 3.69. The van der Waals surface area contributed by atoms with Gasteiger partial charge in [0.2, 0.25) is 11.8 Å². The second-order valence-electron chi connectivity index (χ2n) is 3.29. The lowest BCUT2D eigenvalue weighted by Crippen LogP contribution is -2.50. The van der Waals surface area contributed by atoms with Crippen molar-refractivity contribution in [1.29, 1.82) is 0 Å². The molecule has 0 bridgehead atoms. The number of nitrogens with one attached hydrogen (secondary N) is 1. The first-order valence-electron chi connectivity index (χ1n) is 3.79. The van der Waals surface area contributed by atoms with Crippen LogP contribution in [0.15, 0.2) is 0 Å². The van der Waals surface area contributed by atoms with Gasteiger partial charge < -0.3 is 16.0 Å². The Morgan fingerprint density at radius 1 is 1.69 bits per heavy atom. The Labute approximate surface area is 83.0 Å². The van der Waals surface area contributed by atoms with Crippen LogP contribution in [-0.4, -0.2) is 35.5 Å². The third kappa shape index (κ3) is 2.32. The number of amides is 2. The smallest absolute Gasteiger partial charge is 0.241 e. The van der Waals surface area contributed by atoms with Crippen molar-refractivity contribution >= 4 is 24.2 Å². The molecule has 1 fully saturated rings. The summed E-state index contributed by atoms with van der Waals surface area (Å²) in [6, 6.07) is 0. The van der Waals surface area contributed by atoms with E-state index in [9.17, 15) is 9.59 Å². The topological polar surface area (TPSA) is 75.4 Å². The van der Waals surface area contributed by atoms with E-state index in [1.807, 2.05) is 0 Å². The SMILES string of the molecule is CC1(C)NC(=O)CN1C(=O)CN.Cl. The van der Waals surface area contributed by atoms with E-state index in [0.29, 0.717) is 0 Å². The second kappa shape index (κ2) is 3.93. The van der Waals surface area contributed by atoms with E-state index >= 15 is 0 Å². The first-order chi connectivity index (χ1) is 5.47. The van der Waals surface area contributed by atoms with Crippen LogP contribution < -0.4 is 11.1 Å². The Bertz CT molecular complexity index is 230. The van der Waals surface area contributed by atoms with Crippen molar-refractivity contribution in [1.82, 2.24) is 10.2 Å². The van der Waals surface area contributed by atoms with Gasteiger partial charge in [0.15, 0.2) is 0 Å². The van der Waals surface area contributed by atoms with E-state index < -0.39 is 5.66 Å². The predicted molar refractivity (Wildman–Crippen MR) is 50.2 cm³/mol. The predicted octanol–water partition coefficient (Wildman–Crippen LogP) is -0.939. The molecule has 2 amide bonds. The zero-order valence-electron chi connectivity index (χ0n) is 7.66. The Balaban J connectivity index is 0.00000144. The number of nitrogens with two attached hydrogens (primary N) is 1. The van der Waals surface area contributed by atoms with Crippen molar-refractivity contribution in [3.8, 4) is 0 Å². The molecule has 0 saturated carbocycles. The van der Waals surface area contributed by atoms with E-state index in [2.05, 4.69) is 5.32 Å². The summed E-state index contributed by atoms with van der Waals surface area (Å²) in [5.41, 5.74) is 4.60. The molecule has 1 saturated heterocycles. The summed E-state index contributed by atoms with van der Waals surface area (Å²) in [7, 11) is 0. The summed E-state index contributed by atoms with van der Waals surface area (Å²) in [6.07, 6.45) is 0. The standard InChI is InChI=1S/C7H13N3O2.ClH/c1-7(2)9-5(11)4-10(7)6(12)3-8;/h3-4,8H2,1-2H3,(H,9,11);1H. The quantitative estimate of drug-likeness (QED) is 0.583. The average Bonchev–Trinajstić information content (AvgIpc) is 2.23. The van der Waals surface area contributed by atoms with Gasteiger partial charge in [-0.3, -0.25) is 9.59 Å². The van der Waals surface area contributed by atoms with Gasteiger partial charge in [-0.1, -0.05) is 0 Å². The van der Waals surface area contributed by atoms with Gasteiger partial charge in [-0.05, 0) is 13.8 Å². The summed E-state index contributed by atoms with van der Waals surface area (Å²) in [6.45, 7) is 3.60. The lowest BCUT2D eigenvalue weighted by atomic mass is 10.2.